The van der Waals surface area contributed by atoms with E-state index in [2.05, 4.69) is 49.5 Å². The molecule has 0 aliphatic heterocycles. The molecule has 1 unspecified atom stereocenters. The molecule has 0 bridgehead atoms. The third-order valence-electron chi connectivity index (χ3n) is 4.19. The van der Waals surface area contributed by atoms with Crippen LogP contribution in [-0.2, 0) is 10.5 Å². The third-order valence-corrected chi connectivity index (χ3v) is 5.40. The van der Waals surface area contributed by atoms with Crippen LogP contribution in [0.4, 0.5) is 0 Å². The van der Waals surface area contributed by atoms with Crippen LogP contribution < -0.4 is 5.43 Å². The number of nitrogens with zero attached hydrogens (tertiary/aromatic N) is 1. The molecule has 0 spiro atoms. The van der Waals surface area contributed by atoms with Gasteiger partial charge in [-0.2, -0.15) is 5.10 Å². The zero-order valence-corrected chi connectivity index (χ0v) is 15.5. The number of rotatable bonds is 6. The highest BCUT2D eigenvalue weighted by Gasteiger charge is 2.12. The first kappa shape index (κ1) is 18.3. The molecule has 24 heavy (non-hydrogen) atoms. The lowest BCUT2D eigenvalue weighted by Gasteiger charge is -2.10. The van der Waals surface area contributed by atoms with Gasteiger partial charge >= 0.3 is 0 Å². The van der Waals surface area contributed by atoms with Gasteiger partial charge in [-0.1, -0.05) is 42.5 Å². The van der Waals surface area contributed by atoms with Gasteiger partial charge in [-0.25, -0.2) is 5.43 Å². The minimum atomic E-state index is -0.150. The number of carbonyl (C=O) groups excluding carboxylic acids is 1. The maximum Gasteiger partial charge on any atom is 0.252 e. The zero-order chi connectivity index (χ0) is 17.5. The van der Waals surface area contributed by atoms with Crippen molar-refractivity contribution >= 4 is 23.9 Å². The van der Waals surface area contributed by atoms with Crippen molar-refractivity contribution < 1.29 is 4.79 Å². The average Bonchev–Trinajstić information content (AvgIpc) is 2.60. The van der Waals surface area contributed by atoms with Gasteiger partial charge in [0.25, 0.3) is 5.91 Å². The van der Waals surface area contributed by atoms with Gasteiger partial charge in [-0.05, 0) is 55.5 Å². The van der Waals surface area contributed by atoms with Gasteiger partial charge in [-0.3, -0.25) is 4.79 Å². The number of amides is 1. The number of hydrogen-bond acceptors (Lipinski definition) is 3. The predicted molar refractivity (Wildman–Crippen MR) is 104 cm³/mol. The van der Waals surface area contributed by atoms with E-state index < -0.39 is 0 Å². The molecule has 1 amide bonds. The van der Waals surface area contributed by atoms with Crippen molar-refractivity contribution in [3.05, 3.63) is 70.3 Å². The number of nitrogens with one attached hydrogen (secondary N) is 1. The fourth-order valence-electron chi connectivity index (χ4n) is 2.24. The van der Waals surface area contributed by atoms with E-state index in [1.807, 2.05) is 31.2 Å². The number of hydrogen-bond donors (Lipinski definition) is 1. The van der Waals surface area contributed by atoms with Crippen molar-refractivity contribution in [2.24, 2.45) is 5.10 Å². The summed E-state index contributed by atoms with van der Waals surface area (Å²) in [7, 11) is 0. The lowest BCUT2D eigenvalue weighted by atomic mass is 10.00. The molecule has 3 nitrogen and oxygen atoms in total. The Hall–Kier alpha value is -2.07. The van der Waals surface area contributed by atoms with Crippen LogP contribution in [0, 0.1) is 20.8 Å². The van der Waals surface area contributed by atoms with E-state index in [0.717, 1.165) is 11.3 Å². The van der Waals surface area contributed by atoms with E-state index in [-0.39, 0.29) is 11.2 Å². The van der Waals surface area contributed by atoms with Crippen molar-refractivity contribution in [2.45, 2.75) is 38.7 Å². The summed E-state index contributed by atoms with van der Waals surface area (Å²) in [6, 6.07) is 14.3. The van der Waals surface area contributed by atoms with Crippen LogP contribution >= 0.6 is 11.8 Å². The van der Waals surface area contributed by atoms with E-state index in [1.54, 1.807) is 18.0 Å². The van der Waals surface area contributed by atoms with Crippen molar-refractivity contribution in [3.8, 4) is 0 Å². The van der Waals surface area contributed by atoms with Gasteiger partial charge in [0.1, 0.15) is 0 Å². The van der Waals surface area contributed by atoms with Crippen LogP contribution in [0.5, 0.6) is 0 Å². The van der Waals surface area contributed by atoms with Crippen molar-refractivity contribution in [1.29, 1.82) is 0 Å². The predicted octanol–water partition coefficient (Wildman–Crippen LogP) is 4.38. The summed E-state index contributed by atoms with van der Waals surface area (Å²) in [5, 5.41) is 3.96. The standard InChI is InChI=1S/C20H24N2OS/c1-14-10-11-19(16(3)15(14)2)12-21-22-20(23)17(4)24-13-18-8-6-5-7-9-18/h5-12,17H,13H2,1-4H3,(H,22,23)/b21-12+. The Morgan fingerprint density at radius 1 is 1.12 bits per heavy atom. The van der Waals surface area contributed by atoms with E-state index in [0.29, 0.717) is 0 Å². The molecule has 2 rings (SSSR count). The topological polar surface area (TPSA) is 41.5 Å². The highest BCUT2D eigenvalue weighted by molar-refractivity contribution is 7.99. The molecule has 0 heterocycles. The highest BCUT2D eigenvalue weighted by Crippen LogP contribution is 2.18. The first-order valence-corrected chi connectivity index (χ1v) is 9.09. The molecule has 1 atom stereocenters. The Balaban J connectivity index is 1.87. The van der Waals surface area contributed by atoms with Crippen molar-refractivity contribution in [3.63, 3.8) is 0 Å². The second-order valence-corrected chi connectivity index (χ2v) is 7.22. The molecule has 0 aliphatic rings. The van der Waals surface area contributed by atoms with Gasteiger partial charge in [0.15, 0.2) is 0 Å². The molecular formula is C20H24N2OS. The molecule has 0 radical (unpaired) electrons. The van der Waals surface area contributed by atoms with Gasteiger partial charge in [-0.15, -0.1) is 11.8 Å². The molecular weight excluding hydrogens is 316 g/mol. The minimum Gasteiger partial charge on any atom is -0.272 e. The van der Waals surface area contributed by atoms with Crippen LogP contribution in [0.2, 0.25) is 0 Å². The molecule has 2 aromatic rings. The summed E-state index contributed by atoms with van der Waals surface area (Å²) >= 11 is 1.61. The molecule has 1 N–H and O–H groups in total. The van der Waals surface area contributed by atoms with Crippen LogP contribution in [-0.4, -0.2) is 17.4 Å². The molecule has 126 valence electrons. The van der Waals surface area contributed by atoms with E-state index in [9.17, 15) is 4.79 Å². The van der Waals surface area contributed by atoms with Crippen LogP contribution in [0.15, 0.2) is 47.6 Å². The van der Waals surface area contributed by atoms with Crippen LogP contribution in [0.3, 0.4) is 0 Å². The van der Waals surface area contributed by atoms with Crippen molar-refractivity contribution in [1.82, 2.24) is 5.43 Å². The smallest absolute Gasteiger partial charge is 0.252 e. The molecule has 0 saturated carbocycles. The Morgan fingerprint density at radius 3 is 2.54 bits per heavy atom. The quantitative estimate of drug-likeness (QED) is 0.626. The first-order valence-electron chi connectivity index (χ1n) is 8.04. The van der Waals surface area contributed by atoms with Gasteiger partial charge in [0.05, 0.1) is 11.5 Å². The highest BCUT2D eigenvalue weighted by atomic mass is 32.2. The van der Waals surface area contributed by atoms with E-state index in [1.165, 1.54) is 22.3 Å². The normalized spacial score (nSPS) is 12.3. The Bertz CT molecular complexity index is 726. The monoisotopic (exact) mass is 340 g/mol. The first-order chi connectivity index (χ1) is 11.5. The van der Waals surface area contributed by atoms with E-state index in [4.69, 9.17) is 0 Å². The van der Waals surface area contributed by atoms with Crippen LogP contribution in [0.25, 0.3) is 0 Å². The lowest BCUT2D eigenvalue weighted by Crippen LogP contribution is -2.27. The molecule has 4 heteroatoms. The number of aryl methyl sites for hydroxylation is 1. The largest absolute Gasteiger partial charge is 0.272 e. The SMILES string of the molecule is Cc1ccc(/C=N/NC(=O)C(C)SCc2ccccc2)c(C)c1C. The maximum absolute atomic E-state index is 12.1. The van der Waals surface area contributed by atoms with Gasteiger partial charge in [0.2, 0.25) is 0 Å². The maximum atomic E-state index is 12.1. The molecule has 0 aromatic heterocycles. The second kappa shape index (κ2) is 8.69. The number of thioether (sulfide) groups is 1. The Morgan fingerprint density at radius 2 is 1.83 bits per heavy atom. The number of carbonyl (C=O) groups is 1. The van der Waals surface area contributed by atoms with Gasteiger partial charge in [0, 0.05) is 5.75 Å². The summed E-state index contributed by atoms with van der Waals surface area (Å²) in [5.41, 5.74) is 8.61. The van der Waals surface area contributed by atoms with E-state index >= 15 is 0 Å². The zero-order valence-electron chi connectivity index (χ0n) is 14.7. The molecule has 2 aromatic carbocycles. The lowest BCUT2D eigenvalue weighted by molar-refractivity contribution is -0.120. The Labute approximate surface area is 148 Å². The summed E-state index contributed by atoms with van der Waals surface area (Å²) < 4.78 is 0. The summed E-state index contributed by atoms with van der Waals surface area (Å²) in [4.78, 5) is 12.1. The Kier molecular flexibility index (Phi) is 6.62. The third kappa shape index (κ3) is 4.96. The minimum absolute atomic E-state index is 0.0753. The summed E-state index contributed by atoms with van der Waals surface area (Å²) in [6.45, 7) is 8.17. The fraction of sp³-hybridized carbons (Fsp3) is 0.300. The molecule has 0 saturated heterocycles. The number of benzene rings is 2. The van der Waals surface area contributed by atoms with Crippen molar-refractivity contribution in [2.75, 3.05) is 0 Å². The average molecular weight is 340 g/mol. The fourth-order valence-corrected chi connectivity index (χ4v) is 3.08. The molecule has 0 aliphatic carbocycles. The molecule has 0 fully saturated rings. The summed E-state index contributed by atoms with van der Waals surface area (Å²) in [6.07, 6.45) is 1.72. The van der Waals surface area contributed by atoms with Crippen LogP contribution in [0.1, 0.15) is 34.7 Å². The summed E-state index contributed by atoms with van der Waals surface area (Å²) in [5.74, 6) is 0.740. The van der Waals surface area contributed by atoms with Gasteiger partial charge < -0.3 is 0 Å². The number of hydrazone groups is 1. The second-order valence-electron chi connectivity index (χ2n) is 5.89.